The zero-order valence-corrected chi connectivity index (χ0v) is 15.8. The van der Waals surface area contributed by atoms with Crippen molar-refractivity contribution in [1.29, 1.82) is 0 Å². The number of hydrogen-bond acceptors (Lipinski definition) is 5. The zero-order chi connectivity index (χ0) is 19.0. The van der Waals surface area contributed by atoms with Crippen LogP contribution in [0, 0.1) is 13.8 Å². The number of hydrogen-bond donors (Lipinski definition) is 2. The summed E-state index contributed by atoms with van der Waals surface area (Å²) in [5.74, 6) is 0.294. The summed E-state index contributed by atoms with van der Waals surface area (Å²) in [5, 5.41) is 6.45. The van der Waals surface area contributed by atoms with E-state index < -0.39 is 5.91 Å². The Bertz CT molecular complexity index is 1150. The first-order chi connectivity index (χ1) is 13.0. The van der Waals surface area contributed by atoms with E-state index in [1.165, 1.54) is 11.1 Å². The molecule has 3 N–H and O–H groups in total. The highest BCUT2D eigenvalue weighted by molar-refractivity contribution is 7.17. The van der Waals surface area contributed by atoms with Crippen molar-refractivity contribution >= 4 is 39.0 Å². The van der Waals surface area contributed by atoms with E-state index in [2.05, 4.69) is 52.7 Å². The smallest absolute Gasteiger partial charge is 0.248 e. The molecule has 0 bridgehead atoms. The molecule has 1 amide bonds. The van der Waals surface area contributed by atoms with Gasteiger partial charge >= 0.3 is 0 Å². The average Bonchev–Trinajstić information content (AvgIpc) is 3.10. The topological polar surface area (TPSA) is 80.9 Å². The molecule has 4 aromatic rings. The van der Waals surface area contributed by atoms with Crippen LogP contribution in [0.1, 0.15) is 21.5 Å². The Morgan fingerprint density at radius 3 is 2.52 bits per heavy atom. The molecule has 2 aromatic carbocycles. The maximum atomic E-state index is 11.2. The van der Waals surface area contributed by atoms with Crippen LogP contribution < -0.4 is 11.1 Å². The fraction of sp³-hybridized carbons (Fsp3) is 0.0952. The summed E-state index contributed by atoms with van der Waals surface area (Å²) in [6, 6.07) is 13.5. The van der Waals surface area contributed by atoms with Gasteiger partial charge in [0, 0.05) is 22.2 Å². The third-order valence-corrected chi connectivity index (χ3v) is 5.51. The first kappa shape index (κ1) is 17.2. The molecular weight excluding hydrogens is 356 g/mol. The molecule has 2 aromatic heterocycles. The lowest BCUT2D eigenvalue weighted by molar-refractivity contribution is 0.100. The number of primary amides is 1. The van der Waals surface area contributed by atoms with E-state index in [1.54, 1.807) is 29.8 Å². The van der Waals surface area contributed by atoms with Gasteiger partial charge in [0.2, 0.25) is 5.91 Å². The number of amides is 1. The first-order valence-electron chi connectivity index (χ1n) is 8.49. The van der Waals surface area contributed by atoms with E-state index in [1.807, 2.05) is 12.1 Å². The number of benzene rings is 2. The third kappa shape index (κ3) is 3.27. The molecule has 0 atom stereocenters. The number of nitrogens with one attached hydrogen (secondary N) is 1. The number of thiophene rings is 1. The van der Waals surface area contributed by atoms with E-state index in [9.17, 15) is 4.79 Å². The van der Waals surface area contributed by atoms with Crippen LogP contribution in [-0.4, -0.2) is 15.9 Å². The molecule has 0 aliphatic carbocycles. The van der Waals surface area contributed by atoms with Gasteiger partial charge in [0.1, 0.15) is 17.0 Å². The van der Waals surface area contributed by atoms with Crippen LogP contribution in [0.25, 0.3) is 21.3 Å². The number of fused-ring (bicyclic) bond motifs is 1. The number of rotatable bonds is 4. The molecule has 0 unspecified atom stereocenters. The van der Waals surface area contributed by atoms with Crippen molar-refractivity contribution in [1.82, 2.24) is 9.97 Å². The van der Waals surface area contributed by atoms with Gasteiger partial charge in [-0.05, 0) is 54.8 Å². The van der Waals surface area contributed by atoms with Crippen molar-refractivity contribution in [2.24, 2.45) is 5.73 Å². The first-order valence-corrected chi connectivity index (χ1v) is 9.37. The van der Waals surface area contributed by atoms with Crippen molar-refractivity contribution < 1.29 is 4.79 Å². The summed E-state index contributed by atoms with van der Waals surface area (Å²) in [6.07, 6.45) is 1.56. The predicted octanol–water partition coefficient (Wildman–Crippen LogP) is 4.82. The van der Waals surface area contributed by atoms with E-state index in [-0.39, 0.29) is 0 Å². The molecule has 0 aliphatic rings. The van der Waals surface area contributed by atoms with Crippen molar-refractivity contribution in [2.45, 2.75) is 13.8 Å². The van der Waals surface area contributed by atoms with E-state index >= 15 is 0 Å². The van der Waals surface area contributed by atoms with Gasteiger partial charge in [-0.3, -0.25) is 4.79 Å². The summed E-state index contributed by atoms with van der Waals surface area (Å²) in [6.45, 7) is 4.22. The van der Waals surface area contributed by atoms with Gasteiger partial charge in [-0.1, -0.05) is 18.2 Å². The van der Waals surface area contributed by atoms with E-state index in [0.717, 1.165) is 32.8 Å². The number of nitrogens with zero attached hydrogens (tertiary/aromatic N) is 2. The minimum absolute atomic E-state index is 0.444. The summed E-state index contributed by atoms with van der Waals surface area (Å²) >= 11 is 1.60. The SMILES string of the molecule is Cc1ccc(-c2csc3ncnc(Nc4ccc(C(N)=O)cc4)c23)cc1C. The van der Waals surface area contributed by atoms with Gasteiger partial charge < -0.3 is 11.1 Å². The van der Waals surface area contributed by atoms with Crippen molar-refractivity contribution in [2.75, 3.05) is 5.32 Å². The van der Waals surface area contributed by atoms with Gasteiger partial charge in [-0.25, -0.2) is 9.97 Å². The number of aromatic nitrogens is 2. The summed E-state index contributed by atoms with van der Waals surface area (Å²) in [5.41, 5.74) is 11.4. The van der Waals surface area contributed by atoms with Crippen LogP contribution in [0.2, 0.25) is 0 Å². The molecule has 5 nitrogen and oxygen atoms in total. The molecule has 0 fully saturated rings. The minimum atomic E-state index is -0.444. The highest BCUT2D eigenvalue weighted by Gasteiger charge is 2.14. The molecule has 0 radical (unpaired) electrons. The summed E-state index contributed by atoms with van der Waals surface area (Å²) in [7, 11) is 0. The Morgan fingerprint density at radius 2 is 1.81 bits per heavy atom. The van der Waals surface area contributed by atoms with Crippen LogP contribution in [0.5, 0.6) is 0 Å². The lowest BCUT2D eigenvalue weighted by atomic mass is 10.0. The molecule has 0 aliphatic heterocycles. The lowest BCUT2D eigenvalue weighted by Gasteiger charge is -2.10. The second-order valence-corrected chi connectivity index (χ2v) is 7.28. The predicted molar refractivity (Wildman–Crippen MR) is 111 cm³/mol. The molecule has 0 spiro atoms. The normalized spacial score (nSPS) is 10.9. The fourth-order valence-corrected chi connectivity index (χ4v) is 3.86. The van der Waals surface area contributed by atoms with Crippen molar-refractivity contribution in [3.63, 3.8) is 0 Å². The third-order valence-electron chi connectivity index (χ3n) is 4.62. The van der Waals surface area contributed by atoms with Gasteiger partial charge in [-0.2, -0.15) is 0 Å². The van der Waals surface area contributed by atoms with Crippen LogP contribution in [-0.2, 0) is 0 Å². The van der Waals surface area contributed by atoms with Crippen LogP contribution in [0.3, 0.4) is 0 Å². The van der Waals surface area contributed by atoms with Crippen LogP contribution >= 0.6 is 11.3 Å². The van der Waals surface area contributed by atoms with Gasteiger partial charge in [-0.15, -0.1) is 11.3 Å². The Balaban J connectivity index is 1.78. The standard InChI is InChI=1S/C21H18N4OS/c1-12-3-4-15(9-13(12)2)17-10-27-21-18(17)20(23-11-24-21)25-16-7-5-14(6-8-16)19(22)26/h3-11H,1-2H3,(H2,22,26)(H,23,24,25). The quantitative estimate of drug-likeness (QED) is 0.537. The molecule has 0 saturated carbocycles. The Labute approximate surface area is 160 Å². The maximum Gasteiger partial charge on any atom is 0.248 e. The minimum Gasteiger partial charge on any atom is -0.366 e. The highest BCUT2D eigenvalue weighted by atomic mass is 32.1. The second kappa shape index (κ2) is 6.81. The van der Waals surface area contributed by atoms with Gasteiger partial charge in [0.25, 0.3) is 0 Å². The Morgan fingerprint density at radius 1 is 1.04 bits per heavy atom. The second-order valence-electron chi connectivity index (χ2n) is 6.42. The van der Waals surface area contributed by atoms with Crippen LogP contribution in [0.4, 0.5) is 11.5 Å². The maximum absolute atomic E-state index is 11.2. The van der Waals surface area contributed by atoms with Gasteiger partial charge in [0.15, 0.2) is 0 Å². The number of nitrogens with two attached hydrogens (primary N) is 1. The molecular formula is C21H18N4OS. The number of carbonyl (C=O) groups excluding carboxylic acids is 1. The van der Waals surface area contributed by atoms with Crippen molar-refractivity contribution in [3.05, 3.63) is 70.9 Å². The Hall–Kier alpha value is -3.25. The average molecular weight is 374 g/mol. The number of carbonyl (C=O) groups is 1. The summed E-state index contributed by atoms with van der Waals surface area (Å²) < 4.78 is 0. The van der Waals surface area contributed by atoms with E-state index in [0.29, 0.717) is 5.56 Å². The molecule has 27 heavy (non-hydrogen) atoms. The molecule has 2 heterocycles. The van der Waals surface area contributed by atoms with Crippen molar-refractivity contribution in [3.8, 4) is 11.1 Å². The zero-order valence-electron chi connectivity index (χ0n) is 15.0. The molecule has 4 rings (SSSR count). The Kier molecular flexibility index (Phi) is 4.33. The summed E-state index contributed by atoms with van der Waals surface area (Å²) in [4.78, 5) is 21.0. The number of anilines is 2. The largest absolute Gasteiger partial charge is 0.366 e. The lowest BCUT2D eigenvalue weighted by Crippen LogP contribution is -2.10. The highest BCUT2D eigenvalue weighted by Crippen LogP contribution is 2.37. The fourth-order valence-electron chi connectivity index (χ4n) is 2.95. The molecule has 0 saturated heterocycles. The number of aryl methyl sites for hydroxylation is 2. The monoisotopic (exact) mass is 374 g/mol. The van der Waals surface area contributed by atoms with Crippen LogP contribution in [0.15, 0.2) is 54.2 Å². The van der Waals surface area contributed by atoms with E-state index in [4.69, 9.17) is 5.73 Å². The molecule has 6 heteroatoms. The van der Waals surface area contributed by atoms with Gasteiger partial charge in [0.05, 0.1) is 5.39 Å². The molecule has 134 valence electrons.